The van der Waals surface area contributed by atoms with Gasteiger partial charge in [-0.3, -0.25) is 4.79 Å². The zero-order valence-electron chi connectivity index (χ0n) is 15.9. The quantitative estimate of drug-likeness (QED) is 0.499. The predicted molar refractivity (Wildman–Crippen MR) is 113 cm³/mol. The molecule has 3 rings (SSSR count). The molecular formula is C19H18Cl2N4O3S. The van der Waals surface area contributed by atoms with E-state index in [2.05, 4.69) is 20.5 Å². The molecule has 1 aromatic carbocycles. The average molecular weight is 453 g/mol. The van der Waals surface area contributed by atoms with Gasteiger partial charge in [-0.15, -0.1) is 10.2 Å². The maximum atomic E-state index is 12.4. The Hall–Kier alpha value is -2.29. The van der Waals surface area contributed by atoms with Crippen molar-refractivity contribution in [2.24, 2.45) is 0 Å². The molecule has 1 amide bonds. The Morgan fingerprint density at radius 3 is 2.83 bits per heavy atom. The molecule has 7 nitrogen and oxygen atoms in total. The van der Waals surface area contributed by atoms with E-state index in [1.165, 1.54) is 12.3 Å². The summed E-state index contributed by atoms with van der Waals surface area (Å²) in [4.78, 5) is 16.4. The van der Waals surface area contributed by atoms with Gasteiger partial charge in [0.15, 0.2) is 12.4 Å². The molecule has 1 atom stereocenters. The molecule has 0 spiro atoms. The Morgan fingerprint density at radius 2 is 2.07 bits per heavy atom. The van der Waals surface area contributed by atoms with Crippen molar-refractivity contribution in [1.29, 1.82) is 0 Å². The van der Waals surface area contributed by atoms with Crippen LogP contribution in [0.3, 0.4) is 0 Å². The largest absolute Gasteiger partial charge is 0.484 e. The summed E-state index contributed by atoms with van der Waals surface area (Å²) in [6, 6.07) is 7.46. The lowest BCUT2D eigenvalue weighted by Crippen LogP contribution is -2.23. The van der Waals surface area contributed by atoms with E-state index in [4.69, 9.17) is 32.4 Å². The van der Waals surface area contributed by atoms with Gasteiger partial charge in [0.1, 0.15) is 5.75 Å². The number of amides is 1. The van der Waals surface area contributed by atoms with Crippen molar-refractivity contribution < 1.29 is 13.9 Å². The minimum atomic E-state index is -0.517. The van der Waals surface area contributed by atoms with Crippen molar-refractivity contribution in [3.63, 3.8) is 0 Å². The summed E-state index contributed by atoms with van der Waals surface area (Å²) in [7, 11) is 0. The summed E-state index contributed by atoms with van der Waals surface area (Å²) in [6.45, 7) is 5.81. The van der Waals surface area contributed by atoms with Crippen molar-refractivity contribution in [3.8, 4) is 5.75 Å². The lowest BCUT2D eigenvalue weighted by Gasteiger charge is -2.10. The maximum Gasteiger partial charge on any atom is 0.277 e. The number of aryl methyl sites for hydroxylation is 2. The first kappa shape index (κ1) is 21.4. The smallest absolute Gasteiger partial charge is 0.277 e. The summed E-state index contributed by atoms with van der Waals surface area (Å²) >= 11 is 13.0. The third-order valence-electron chi connectivity index (χ3n) is 3.84. The Labute approximate surface area is 182 Å². The Morgan fingerprint density at radius 1 is 1.28 bits per heavy atom. The van der Waals surface area contributed by atoms with Crippen LogP contribution >= 0.6 is 35.0 Å². The number of hydrogen-bond acceptors (Lipinski definition) is 7. The van der Waals surface area contributed by atoms with E-state index >= 15 is 0 Å². The second-order valence-corrected chi connectivity index (χ2v) is 8.39. The van der Waals surface area contributed by atoms with Crippen LogP contribution in [0, 0.1) is 13.8 Å². The lowest BCUT2D eigenvalue weighted by atomic mass is 10.1. The number of carbonyl (C=O) groups is 1. The van der Waals surface area contributed by atoms with Gasteiger partial charge in [0.2, 0.25) is 5.91 Å². The van der Waals surface area contributed by atoms with Gasteiger partial charge in [-0.2, -0.15) is 0 Å². The topological polar surface area (TPSA) is 90.1 Å². The molecule has 1 N–H and O–H groups in total. The molecule has 3 aromatic rings. The van der Waals surface area contributed by atoms with Crippen LogP contribution < -0.4 is 10.1 Å². The molecule has 0 saturated carbocycles. The first-order chi connectivity index (χ1) is 13.8. The number of halogens is 2. The van der Waals surface area contributed by atoms with E-state index in [1.807, 2.05) is 32.0 Å². The van der Waals surface area contributed by atoms with E-state index < -0.39 is 5.25 Å². The minimum Gasteiger partial charge on any atom is -0.484 e. The highest BCUT2D eigenvalue weighted by Crippen LogP contribution is 2.26. The second kappa shape index (κ2) is 9.47. The number of benzene rings is 1. The highest BCUT2D eigenvalue weighted by molar-refractivity contribution is 8.00. The number of carbonyl (C=O) groups excluding carboxylic acids is 1. The third-order valence-corrected chi connectivity index (χ3v) is 5.27. The highest BCUT2D eigenvalue weighted by Gasteiger charge is 2.20. The molecule has 2 aromatic heterocycles. The van der Waals surface area contributed by atoms with Gasteiger partial charge in [0.05, 0.1) is 15.3 Å². The summed E-state index contributed by atoms with van der Waals surface area (Å²) in [5.41, 5.74) is 2.12. The monoisotopic (exact) mass is 452 g/mol. The van der Waals surface area contributed by atoms with Crippen LogP contribution in [0.5, 0.6) is 5.75 Å². The summed E-state index contributed by atoms with van der Waals surface area (Å²) in [5.74, 6) is 1.01. The zero-order valence-corrected chi connectivity index (χ0v) is 18.2. The molecule has 29 heavy (non-hydrogen) atoms. The zero-order chi connectivity index (χ0) is 21.0. The van der Waals surface area contributed by atoms with Crippen LogP contribution in [0.15, 0.2) is 40.1 Å². The van der Waals surface area contributed by atoms with E-state index in [0.29, 0.717) is 10.9 Å². The molecule has 0 fully saturated rings. The molecule has 2 heterocycles. The van der Waals surface area contributed by atoms with Crippen molar-refractivity contribution in [2.75, 3.05) is 5.32 Å². The standard InChI is InChI=1S/C19H18Cl2N4O3S/c1-10-4-5-11(2)15(6-10)27-9-16-24-25-19(28-16)29-12(3)18(26)23-17-14(21)7-13(20)8-22-17/h4-8,12H,9H2,1-3H3,(H,22,23,26). The van der Waals surface area contributed by atoms with Gasteiger partial charge in [-0.1, -0.05) is 47.1 Å². The number of hydrogen-bond donors (Lipinski definition) is 1. The number of thioether (sulfide) groups is 1. The molecule has 1 unspecified atom stereocenters. The highest BCUT2D eigenvalue weighted by atomic mass is 35.5. The first-order valence-electron chi connectivity index (χ1n) is 8.63. The minimum absolute atomic E-state index is 0.142. The molecule has 0 saturated heterocycles. The molecule has 0 aliphatic heterocycles. The molecule has 0 aliphatic carbocycles. The SMILES string of the molecule is Cc1ccc(C)c(OCc2nnc(SC(C)C(=O)Nc3ncc(Cl)cc3Cl)o2)c1. The molecule has 0 aliphatic rings. The molecule has 0 radical (unpaired) electrons. The van der Waals surface area contributed by atoms with Crippen LogP contribution in [0.25, 0.3) is 0 Å². The normalized spacial score (nSPS) is 11.9. The third kappa shape index (κ3) is 5.85. The summed E-state index contributed by atoms with van der Waals surface area (Å²) in [5, 5.41) is 11.0. The van der Waals surface area contributed by atoms with Gasteiger partial charge in [-0.25, -0.2) is 4.98 Å². The van der Waals surface area contributed by atoms with Crippen LogP contribution in [0.2, 0.25) is 10.0 Å². The number of nitrogens with one attached hydrogen (secondary N) is 1. The van der Waals surface area contributed by atoms with Crippen LogP contribution in [0.1, 0.15) is 23.9 Å². The molecule has 152 valence electrons. The number of pyridine rings is 1. The number of rotatable bonds is 7. The maximum absolute atomic E-state index is 12.4. The van der Waals surface area contributed by atoms with E-state index in [0.717, 1.165) is 28.6 Å². The van der Waals surface area contributed by atoms with Crippen molar-refractivity contribution >= 4 is 46.7 Å². The number of ether oxygens (including phenoxy) is 1. The fraction of sp³-hybridized carbons (Fsp3) is 0.263. The van der Waals surface area contributed by atoms with Crippen LogP contribution in [-0.2, 0) is 11.4 Å². The molecular weight excluding hydrogens is 435 g/mol. The van der Waals surface area contributed by atoms with Crippen molar-refractivity contribution in [1.82, 2.24) is 15.2 Å². The van der Waals surface area contributed by atoms with Gasteiger partial charge in [0, 0.05) is 6.20 Å². The fourth-order valence-corrected chi connectivity index (χ4v) is 3.40. The lowest BCUT2D eigenvalue weighted by molar-refractivity contribution is -0.115. The summed E-state index contributed by atoms with van der Waals surface area (Å²) in [6.07, 6.45) is 1.40. The van der Waals surface area contributed by atoms with Crippen molar-refractivity contribution in [3.05, 3.63) is 57.5 Å². The van der Waals surface area contributed by atoms with Gasteiger partial charge < -0.3 is 14.5 Å². The van der Waals surface area contributed by atoms with Crippen LogP contribution in [0.4, 0.5) is 5.82 Å². The molecule has 0 bridgehead atoms. The Balaban J connectivity index is 1.56. The average Bonchev–Trinajstić information content (AvgIpc) is 3.12. The van der Waals surface area contributed by atoms with Crippen molar-refractivity contribution in [2.45, 2.75) is 37.9 Å². The summed E-state index contributed by atoms with van der Waals surface area (Å²) < 4.78 is 11.3. The predicted octanol–water partition coefficient (Wildman–Crippen LogP) is 5.09. The fourth-order valence-electron chi connectivity index (χ4n) is 2.28. The van der Waals surface area contributed by atoms with Crippen LogP contribution in [-0.4, -0.2) is 26.3 Å². The Kier molecular flexibility index (Phi) is 7.00. The van der Waals surface area contributed by atoms with Gasteiger partial charge in [0.25, 0.3) is 11.1 Å². The number of nitrogens with zero attached hydrogens (tertiary/aromatic N) is 3. The van der Waals surface area contributed by atoms with E-state index in [-0.39, 0.29) is 28.6 Å². The number of anilines is 1. The second-order valence-electron chi connectivity index (χ2n) is 6.25. The van der Waals surface area contributed by atoms with Gasteiger partial charge in [-0.05, 0) is 44.0 Å². The van der Waals surface area contributed by atoms with E-state index in [9.17, 15) is 4.79 Å². The Bertz CT molecular complexity index is 1030. The first-order valence-corrected chi connectivity index (χ1v) is 10.3. The van der Waals surface area contributed by atoms with Gasteiger partial charge >= 0.3 is 0 Å². The number of aromatic nitrogens is 3. The van der Waals surface area contributed by atoms with E-state index in [1.54, 1.807) is 6.92 Å². The molecule has 10 heteroatoms.